The van der Waals surface area contributed by atoms with Crippen LogP contribution in [-0.2, 0) is 12.8 Å². The summed E-state index contributed by atoms with van der Waals surface area (Å²) in [5.41, 5.74) is 2.71. The zero-order valence-corrected chi connectivity index (χ0v) is 10.5. The Bertz CT molecular complexity index is 365. The molecule has 3 nitrogen and oxygen atoms in total. The summed E-state index contributed by atoms with van der Waals surface area (Å²) in [6, 6.07) is 6.49. The molecule has 94 valence electrons. The summed E-state index contributed by atoms with van der Waals surface area (Å²) in [5.74, 6) is 1.05. The van der Waals surface area contributed by atoms with E-state index in [1.54, 1.807) is 0 Å². The molecule has 0 aromatic heterocycles. The Balaban J connectivity index is 1.90. The van der Waals surface area contributed by atoms with Crippen LogP contribution in [0.3, 0.4) is 0 Å². The van der Waals surface area contributed by atoms with Crippen molar-refractivity contribution >= 4 is 0 Å². The normalized spacial score (nSPS) is 13.8. The van der Waals surface area contributed by atoms with Gasteiger partial charge in [0.05, 0.1) is 13.2 Å². The molecule has 1 aliphatic heterocycles. The fourth-order valence-corrected chi connectivity index (χ4v) is 2.25. The number of hydrogen-bond acceptors (Lipinski definition) is 3. The second-order valence-electron chi connectivity index (χ2n) is 4.45. The monoisotopic (exact) mass is 235 g/mol. The first-order valence-corrected chi connectivity index (χ1v) is 6.41. The van der Waals surface area contributed by atoms with Crippen LogP contribution >= 0.6 is 0 Å². The first-order valence-electron chi connectivity index (χ1n) is 6.41. The Morgan fingerprint density at radius 1 is 1.35 bits per heavy atom. The average molecular weight is 235 g/mol. The quantitative estimate of drug-likeness (QED) is 0.810. The largest absolute Gasteiger partial charge is 0.493 e. The second kappa shape index (κ2) is 6.03. The lowest BCUT2D eigenvalue weighted by atomic mass is 10.1. The minimum absolute atomic E-state index is 0.242. The predicted molar refractivity (Wildman–Crippen MR) is 68.5 cm³/mol. The van der Waals surface area contributed by atoms with Crippen LogP contribution < -0.4 is 4.74 Å². The van der Waals surface area contributed by atoms with Crippen molar-refractivity contribution in [1.29, 1.82) is 0 Å². The molecule has 3 heteroatoms. The molecule has 0 saturated carbocycles. The maximum atomic E-state index is 8.93. The van der Waals surface area contributed by atoms with E-state index in [-0.39, 0.29) is 6.61 Å². The maximum Gasteiger partial charge on any atom is 0.122 e. The lowest BCUT2D eigenvalue weighted by Crippen LogP contribution is -2.28. The molecule has 2 rings (SSSR count). The van der Waals surface area contributed by atoms with Gasteiger partial charge in [-0.15, -0.1) is 0 Å². The topological polar surface area (TPSA) is 32.7 Å². The molecule has 0 amide bonds. The fraction of sp³-hybridized carbons (Fsp3) is 0.571. The van der Waals surface area contributed by atoms with Gasteiger partial charge in [-0.2, -0.15) is 0 Å². The number of aliphatic hydroxyl groups excluding tert-OH is 1. The molecule has 1 aromatic carbocycles. The average Bonchev–Trinajstić information content (AvgIpc) is 2.81. The zero-order chi connectivity index (χ0) is 12.1. The summed E-state index contributed by atoms with van der Waals surface area (Å²) >= 11 is 0. The van der Waals surface area contributed by atoms with Crippen LogP contribution in [0.5, 0.6) is 5.75 Å². The summed E-state index contributed by atoms with van der Waals surface area (Å²) in [6.45, 7) is 5.97. The van der Waals surface area contributed by atoms with Crippen molar-refractivity contribution in [2.24, 2.45) is 0 Å². The van der Waals surface area contributed by atoms with E-state index < -0.39 is 0 Å². The first kappa shape index (κ1) is 12.4. The summed E-state index contributed by atoms with van der Waals surface area (Å²) < 4.78 is 5.50. The van der Waals surface area contributed by atoms with E-state index >= 15 is 0 Å². The molecular formula is C14H21NO2. The Morgan fingerprint density at radius 3 is 3.00 bits per heavy atom. The van der Waals surface area contributed by atoms with E-state index in [2.05, 4.69) is 30.0 Å². The standard InChI is InChI=1S/C14H21NO2/c1-2-15(8-9-16)7-5-12-3-4-14-13(11-12)6-10-17-14/h3-4,11,16H,2,5-10H2,1H3. The molecule has 17 heavy (non-hydrogen) atoms. The van der Waals surface area contributed by atoms with Crippen molar-refractivity contribution < 1.29 is 9.84 Å². The number of nitrogens with zero attached hydrogens (tertiary/aromatic N) is 1. The third kappa shape index (κ3) is 3.20. The van der Waals surface area contributed by atoms with E-state index in [4.69, 9.17) is 9.84 Å². The summed E-state index contributed by atoms with van der Waals surface area (Å²) in [7, 11) is 0. The number of likely N-dealkylation sites (N-methyl/N-ethyl adjacent to an activating group) is 1. The fourth-order valence-electron chi connectivity index (χ4n) is 2.25. The van der Waals surface area contributed by atoms with Crippen LogP contribution in [0, 0.1) is 0 Å². The number of benzene rings is 1. The molecule has 1 aromatic rings. The van der Waals surface area contributed by atoms with Crippen LogP contribution in [0.2, 0.25) is 0 Å². The lowest BCUT2D eigenvalue weighted by molar-refractivity contribution is 0.203. The van der Waals surface area contributed by atoms with Gasteiger partial charge in [0, 0.05) is 19.5 Å². The van der Waals surface area contributed by atoms with Gasteiger partial charge in [-0.05, 0) is 30.2 Å². The highest BCUT2D eigenvalue weighted by Crippen LogP contribution is 2.25. The van der Waals surface area contributed by atoms with Gasteiger partial charge in [0.2, 0.25) is 0 Å². The van der Waals surface area contributed by atoms with Gasteiger partial charge in [0.25, 0.3) is 0 Å². The highest BCUT2D eigenvalue weighted by atomic mass is 16.5. The van der Waals surface area contributed by atoms with Crippen molar-refractivity contribution in [3.8, 4) is 5.75 Å². The summed E-state index contributed by atoms with van der Waals surface area (Å²) in [5, 5.41) is 8.93. The van der Waals surface area contributed by atoms with Gasteiger partial charge >= 0.3 is 0 Å². The maximum absolute atomic E-state index is 8.93. The second-order valence-corrected chi connectivity index (χ2v) is 4.45. The predicted octanol–water partition coefficient (Wildman–Crippen LogP) is 1.48. The van der Waals surface area contributed by atoms with Gasteiger partial charge in [0.15, 0.2) is 0 Å². The van der Waals surface area contributed by atoms with Crippen LogP contribution in [0.25, 0.3) is 0 Å². The minimum atomic E-state index is 0.242. The SMILES string of the molecule is CCN(CCO)CCc1ccc2c(c1)CCO2. The van der Waals surface area contributed by atoms with E-state index in [9.17, 15) is 0 Å². The lowest BCUT2D eigenvalue weighted by Gasteiger charge is -2.18. The molecule has 0 fully saturated rings. The third-order valence-corrected chi connectivity index (χ3v) is 3.33. The highest BCUT2D eigenvalue weighted by Gasteiger charge is 2.12. The van der Waals surface area contributed by atoms with Crippen LogP contribution in [0.15, 0.2) is 18.2 Å². The summed E-state index contributed by atoms with van der Waals surface area (Å²) in [6.07, 6.45) is 2.08. The molecule has 0 spiro atoms. The molecule has 0 saturated heterocycles. The molecule has 0 atom stereocenters. The molecule has 1 aliphatic rings. The van der Waals surface area contributed by atoms with E-state index in [1.807, 2.05) is 0 Å². The van der Waals surface area contributed by atoms with E-state index in [0.29, 0.717) is 0 Å². The Morgan fingerprint density at radius 2 is 2.24 bits per heavy atom. The van der Waals surface area contributed by atoms with Crippen molar-refractivity contribution in [1.82, 2.24) is 4.90 Å². The van der Waals surface area contributed by atoms with Crippen molar-refractivity contribution in [2.75, 3.05) is 32.8 Å². The van der Waals surface area contributed by atoms with Crippen molar-refractivity contribution in [2.45, 2.75) is 19.8 Å². The van der Waals surface area contributed by atoms with Gasteiger partial charge in [-0.1, -0.05) is 19.1 Å². The Hall–Kier alpha value is -1.06. The number of fused-ring (bicyclic) bond motifs is 1. The molecule has 0 unspecified atom stereocenters. The Kier molecular flexibility index (Phi) is 4.40. The highest BCUT2D eigenvalue weighted by molar-refractivity contribution is 5.39. The van der Waals surface area contributed by atoms with E-state index in [1.165, 1.54) is 11.1 Å². The van der Waals surface area contributed by atoms with Gasteiger partial charge in [-0.3, -0.25) is 0 Å². The Labute approximate surface area is 103 Å². The van der Waals surface area contributed by atoms with Crippen LogP contribution in [0.4, 0.5) is 0 Å². The molecule has 0 aliphatic carbocycles. The minimum Gasteiger partial charge on any atom is -0.493 e. The van der Waals surface area contributed by atoms with Crippen LogP contribution in [0.1, 0.15) is 18.1 Å². The molecule has 1 N–H and O–H groups in total. The van der Waals surface area contributed by atoms with Crippen molar-refractivity contribution in [3.63, 3.8) is 0 Å². The zero-order valence-electron chi connectivity index (χ0n) is 10.5. The van der Waals surface area contributed by atoms with E-state index in [0.717, 1.165) is 44.8 Å². The number of hydrogen-bond donors (Lipinski definition) is 1. The smallest absolute Gasteiger partial charge is 0.122 e. The summed E-state index contributed by atoms with van der Waals surface area (Å²) in [4.78, 5) is 2.27. The number of aliphatic hydroxyl groups is 1. The third-order valence-electron chi connectivity index (χ3n) is 3.33. The molecular weight excluding hydrogens is 214 g/mol. The molecule has 0 bridgehead atoms. The first-order chi connectivity index (χ1) is 8.33. The number of ether oxygens (including phenoxy) is 1. The number of rotatable bonds is 6. The van der Waals surface area contributed by atoms with Gasteiger partial charge < -0.3 is 14.7 Å². The van der Waals surface area contributed by atoms with Gasteiger partial charge in [-0.25, -0.2) is 0 Å². The molecule has 0 radical (unpaired) electrons. The van der Waals surface area contributed by atoms with Crippen LogP contribution in [-0.4, -0.2) is 42.9 Å². The molecule has 1 heterocycles. The van der Waals surface area contributed by atoms with Gasteiger partial charge in [0.1, 0.15) is 5.75 Å². The van der Waals surface area contributed by atoms with Crippen molar-refractivity contribution in [3.05, 3.63) is 29.3 Å².